The van der Waals surface area contributed by atoms with Crippen LogP contribution in [0.2, 0.25) is 5.02 Å². The predicted octanol–water partition coefficient (Wildman–Crippen LogP) is 5.81. The molecule has 0 aromatic heterocycles. The van der Waals surface area contributed by atoms with Crippen molar-refractivity contribution in [3.8, 4) is 5.75 Å². The second kappa shape index (κ2) is 9.04. The van der Waals surface area contributed by atoms with Crippen molar-refractivity contribution in [2.24, 2.45) is 0 Å². The summed E-state index contributed by atoms with van der Waals surface area (Å²) in [6.45, 7) is 5.57. The quantitative estimate of drug-likeness (QED) is 0.658. The monoisotopic (exact) mass is 314 g/mol. The molecule has 0 bridgehead atoms. The Labute approximate surface area is 131 Å². The van der Waals surface area contributed by atoms with E-state index in [1.165, 1.54) is 31.9 Å². The molecule has 0 N–H and O–H groups in total. The van der Waals surface area contributed by atoms with E-state index in [1.54, 1.807) is 0 Å². The summed E-state index contributed by atoms with van der Waals surface area (Å²) in [6.07, 6.45) is 6.82. The molecule has 118 valence electrons. The molecule has 0 saturated heterocycles. The maximum Gasteiger partial charge on any atom is 0.162 e. The summed E-state index contributed by atoms with van der Waals surface area (Å²) < 4.78 is 19.4. The van der Waals surface area contributed by atoms with Gasteiger partial charge in [-0.2, -0.15) is 0 Å². The maximum atomic E-state index is 13.7. The van der Waals surface area contributed by atoms with Crippen molar-refractivity contribution in [2.45, 2.75) is 65.4 Å². The number of benzene rings is 1. The van der Waals surface area contributed by atoms with Crippen molar-refractivity contribution in [3.05, 3.63) is 28.5 Å². The lowest BCUT2D eigenvalue weighted by molar-refractivity contribution is 0.101. The number of carbonyl (C=O) groups is 1. The zero-order valence-corrected chi connectivity index (χ0v) is 13.8. The first-order valence-electron chi connectivity index (χ1n) is 7.66. The predicted molar refractivity (Wildman–Crippen MR) is 84.9 cm³/mol. The minimum atomic E-state index is -0.572. The fourth-order valence-electron chi connectivity index (χ4n) is 2.25. The summed E-state index contributed by atoms with van der Waals surface area (Å²) in [4.78, 5) is 11.2. The molecular formula is C17H24ClFO2. The molecule has 1 aromatic rings. The number of carbonyl (C=O) groups excluding carboxylic acids is 1. The third kappa shape index (κ3) is 5.66. The van der Waals surface area contributed by atoms with Gasteiger partial charge in [0.05, 0.1) is 16.7 Å². The van der Waals surface area contributed by atoms with Gasteiger partial charge in [-0.05, 0) is 38.7 Å². The molecule has 0 aliphatic heterocycles. The number of ether oxygens (including phenoxy) is 1. The van der Waals surface area contributed by atoms with Crippen molar-refractivity contribution < 1.29 is 13.9 Å². The molecular weight excluding hydrogens is 291 g/mol. The zero-order chi connectivity index (χ0) is 15.8. The van der Waals surface area contributed by atoms with Crippen molar-refractivity contribution in [3.63, 3.8) is 0 Å². The molecule has 1 fully saturated rings. The first-order chi connectivity index (χ1) is 9.99. The van der Waals surface area contributed by atoms with Crippen LogP contribution in [-0.4, -0.2) is 11.9 Å². The highest BCUT2D eigenvalue weighted by Gasteiger charge is 2.18. The van der Waals surface area contributed by atoms with E-state index in [0.29, 0.717) is 10.8 Å². The molecule has 0 heterocycles. The fraction of sp³-hybridized carbons (Fsp3) is 0.588. The lowest BCUT2D eigenvalue weighted by Crippen LogP contribution is -2.20. The maximum absolute atomic E-state index is 13.7. The van der Waals surface area contributed by atoms with Crippen molar-refractivity contribution >= 4 is 17.4 Å². The molecule has 0 unspecified atom stereocenters. The van der Waals surface area contributed by atoms with Gasteiger partial charge < -0.3 is 4.74 Å². The van der Waals surface area contributed by atoms with E-state index in [-0.39, 0.29) is 17.5 Å². The van der Waals surface area contributed by atoms with E-state index in [4.69, 9.17) is 16.3 Å². The Morgan fingerprint density at radius 1 is 1.29 bits per heavy atom. The van der Waals surface area contributed by atoms with Crippen LogP contribution in [0.5, 0.6) is 5.75 Å². The van der Waals surface area contributed by atoms with E-state index in [9.17, 15) is 9.18 Å². The van der Waals surface area contributed by atoms with Gasteiger partial charge >= 0.3 is 0 Å². The first-order valence-corrected chi connectivity index (χ1v) is 8.04. The Hall–Kier alpha value is -1.09. The summed E-state index contributed by atoms with van der Waals surface area (Å²) in [5.74, 6) is -0.567. The molecule has 2 rings (SSSR count). The van der Waals surface area contributed by atoms with E-state index < -0.39 is 5.82 Å². The van der Waals surface area contributed by atoms with Gasteiger partial charge in [0.1, 0.15) is 11.6 Å². The first kappa shape index (κ1) is 18.0. The van der Waals surface area contributed by atoms with E-state index in [2.05, 4.69) is 13.8 Å². The largest absolute Gasteiger partial charge is 0.489 e. The van der Waals surface area contributed by atoms with Crippen LogP contribution in [0.3, 0.4) is 0 Å². The average Bonchev–Trinajstić information content (AvgIpc) is 2.44. The van der Waals surface area contributed by atoms with Crippen LogP contribution in [0.15, 0.2) is 12.1 Å². The highest BCUT2D eigenvalue weighted by Crippen LogP contribution is 2.31. The van der Waals surface area contributed by atoms with Crippen LogP contribution in [0, 0.1) is 5.82 Å². The SMILES string of the molecule is CC(=O)c1cc(Cl)c(OC2CCCCC2)cc1F.CCC. The van der Waals surface area contributed by atoms with Crippen LogP contribution in [0.1, 0.15) is 69.7 Å². The Kier molecular flexibility index (Phi) is 7.73. The third-order valence-electron chi connectivity index (χ3n) is 3.25. The summed E-state index contributed by atoms with van der Waals surface area (Å²) in [7, 11) is 0. The minimum Gasteiger partial charge on any atom is -0.489 e. The van der Waals surface area contributed by atoms with E-state index >= 15 is 0 Å². The van der Waals surface area contributed by atoms with Gasteiger partial charge in [-0.3, -0.25) is 4.79 Å². The minimum absolute atomic E-state index is 0.0102. The van der Waals surface area contributed by atoms with E-state index in [1.807, 2.05) is 0 Å². The molecule has 0 atom stereocenters. The van der Waals surface area contributed by atoms with Crippen LogP contribution in [-0.2, 0) is 0 Å². The van der Waals surface area contributed by atoms with Crippen molar-refractivity contribution in [2.75, 3.05) is 0 Å². The Morgan fingerprint density at radius 3 is 2.38 bits per heavy atom. The smallest absolute Gasteiger partial charge is 0.162 e. The second-order valence-corrected chi connectivity index (χ2v) is 5.81. The van der Waals surface area contributed by atoms with Gasteiger partial charge in [-0.1, -0.05) is 38.3 Å². The van der Waals surface area contributed by atoms with Gasteiger partial charge in [0, 0.05) is 6.07 Å². The normalized spacial score (nSPS) is 15.1. The molecule has 0 amide bonds. The summed E-state index contributed by atoms with van der Waals surface area (Å²) >= 11 is 6.02. The van der Waals surface area contributed by atoms with Gasteiger partial charge in [0.25, 0.3) is 0 Å². The summed E-state index contributed by atoms with van der Waals surface area (Å²) in [6, 6.07) is 2.56. The molecule has 1 aliphatic rings. The Bertz CT molecular complexity index is 468. The third-order valence-corrected chi connectivity index (χ3v) is 3.54. The number of rotatable bonds is 3. The fourth-order valence-corrected chi connectivity index (χ4v) is 2.46. The molecule has 0 spiro atoms. The van der Waals surface area contributed by atoms with Crippen LogP contribution >= 0.6 is 11.6 Å². The van der Waals surface area contributed by atoms with E-state index in [0.717, 1.165) is 25.7 Å². The standard InChI is InChI=1S/C14H16ClFO2.C3H8/c1-9(17)11-7-12(15)14(8-13(11)16)18-10-5-3-2-4-6-10;1-3-2/h7-8,10H,2-6H2,1H3;3H2,1-2H3. The molecule has 1 aliphatic carbocycles. The zero-order valence-electron chi connectivity index (χ0n) is 13.0. The molecule has 2 nitrogen and oxygen atoms in total. The number of ketones is 1. The molecule has 1 saturated carbocycles. The lowest BCUT2D eigenvalue weighted by atomic mass is 9.98. The topological polar surface area (TPSA) is 26.3 Å². The molecule has 0 radical (unpaired) electrons. The molecule has 4 heteroatoms. The lowest BCUT2D eigenvalue weighted by Gasteiger charge is -2.23. The second-order valence-electron chi connectivity index (χ2n) is 5.40. The Balaban J connectivity index is 0.000000677. The van der Waals surface area contributed by atoms with Crippen LogP contribution in [0.4, 0.5) is 4.39 Å². The highest BCUT2D eigenvalue weighted by atomic mass is 35.5. The molecule has 1 aromatic carbocycles. The number of hydrogen-bond acceptors (Lipinski definition) is 2. The average molecular weight is 315 g/mol. The van der Waals surface area contributed by atoms with Gasteiger partial charge in [-0.25, -0.2) is 4.39 Å². The summed E-state index contributed by atoms with van der Waals surface area (Å²) in [5, 5.41) is 0.298. The number of hydrogen-bond donors (Lipinski definition) is 0. The van der Waals surface area contributed by atoms with Crippen molar-refractivity contribution in [1.82, 2.24) is 0 Å². The van der Waals surface area contributed by atoms with Crippen LogP contribution < -0.4 is 4.74 Å². The van der Waals surface area contributed by atoms with Gasteiger partial charge in [-0.15, -0.1) is 0 Å². The van der Waals surface area contributed by atoms with Gasteiger partial charge in [0.15, 0.2) is 5.78 Å². The number of halogens is 2. The highest BCUT2D eigenvalue weighted by molar-refractivity contribution is 6.32. The number of Topliss-reactive ketones (excluding diaryl/α,β-unsaturated/α-hetero) is 1. The van der Waals surface area contributed by atoms with Crippen molar-refractivity contribution in [1.29, 1.82) is 0 Å². The van der Waals surface area contributed by atoms with Gasteiger partial charge in [0.2, 0.25) is 0 Å². The van der Waals surface area contributed by atoms with Crippen LogP contribution in [0.25, 0.3) is 0 Å². The summed E-state index contributed by atoms with van der Waals surface area (Å²) in [5.41, 5.74) is 0.0102. The Morgan fingerprint density at radius 2 is 1.86 bits per heavy atom. The molecule has 21 heavy (non-hydrogen) atoms.